The van der Waals surface area contributed by atoms with E-state index < -0.39 is 0 Å². The van der Waals surface area contributed by atoms with E-state index in [1.807, 2.05) is 0 Å². The summed E-state index contributed by atoms with van der Waals surface area (Å²) in [6, 6.07) is 87.2. The van der Waals surface area contributed by atoms with Crippen LogP contribution < -0.4 is 18.3 Å². The van der Waals surface area contributed by atoms with Crippen LogP contribution in [-0.2, 0) is 34.6 Å². The molecule has 8 aromatic heterocycles. The molecule has 0 atom stereocenters. The number of hydrogen-bond acceptors (Lipinski definition) is 4. The minimum absolute atomic E-state index is 0.509. The molecule has 0 N–H and O–H groups in total. The third-order valence-electron chi connectivity index (χ3n) is 25.6. The molecule has 8 nitrogen and oxygen atoms in total. The molecule has 8 heteroatoms. The van der Waals surface area contributed by atoms with Crippen LogP contribution in [0, 0.1) is 27.7 Å². The Balaban J connectivity index is 0.000000103. The first-order chi connectivity index (χ1) is 56.6. The summed E-state index contributed by atoms with van der Waals surface area (Å²) in [5.41, 5.74) is 28.0. The van der Waals surface area contributed by atoms with Gasteiger partial charge in [-0.05, 0) is 170 Å². The highest BCUT2D eigenvalue weighted by Crippen LogP contribution is 2.46. The second-order valence-corrected chi connectivity index (χ2v) is 33.3. The van der Waals surface area contributed by atoms with Crippen LogP contribution in [0.1, 0.15) is 141 Å². The molecule has 0 spiro atoms. The summed E-state index contributed by atoms with van der Waals surface area (Å²) in [6.07, 6.45) is 22.3. The van der Waals surface area contributed by atoms with Crippen molar-refractivity contribution >= 4 is 131 Å². The van der Waals surface area contributed by atoms with Crippen molar-refractivity contribution in [3.8, 4) is 45.0 Å². The molecule has 2 aliphatic carbocycles. The van der Waals surface area contributed by atoms with Gasteiger partial charge in [-0.2, -0.15) is 0 Å². The summed E-state index contributed by atoms with van der Waals surface area (Å²) in [6.45, 7) is 15.3. The minimum Gasteiger partial charge on any atom is -0.454 e. The number of nitrogens with zero attached hydrogens (tertiary/aromatic N) is 4. The molecule has 0 unspecified atom stereocenters. The van der Waals surface area contributed by atoms with Crippen molar-refractivity contribution < 1.29 is 35.9 Å². The Morgan fingerprint density at radius 2 is 0.552 bits per heavy atom. The van der Waals surface area contributed by atoms with E-state index in [4.69, 9.17) is 17.7 Å². The summed E-state index contributed by atoms with van der Waals surface area (Å²) in [7, 11) is 8.59. The van der Waals surface area contributed by atoms with Crippen LogP contribution >= 0.6 is 0 Å². The summed E-state index contributed by atoms with van der Waals surface area (Å²) in [5.74, 6) is 1.94. The number of pyridine rings is 4. The van der Waals surface area contributed by atoms with E-state index in [9.17, 15) is 0 Å². The van der Waals surface area contributed by atoms with Gasteiger partial charge in [0.2, 0.25) is 22.8 Å². The van der Waals surface area contributed by atoms with Crippen LogP contribution in [0.25, 0.3) is 176 Å². The second kappa shape index (κ2) is 30.3. The average Bonchev–Trinajstić information content (AvgIpc) is 1.60. The van der Waals surface area contributed by atoms with E-state index in [-0.39, 0.29) is 0 Å². The zero-order chi connectivity index (χ0) is 79.1. The first-order valence-electron chi connectivity index (χ1n) is 42.0. The fraction of sp³-hybridized carbons (Fsp3) is 0.222. The van der Waals surface area contributed by atoms with Gasteiger partial charge in [0.15, 0.2) is 24.8 Å². The lowest BCUT2D eigenvalue weighted by Gasteiger charge is -2.21. The molecule has 2 fully saturated rings. The molecule has 2 saturated carbocycles. The highest BCUT2D eigenvalue weighted by Gasteiger charge is 2.29. The van der Waals surface area contributed by atoms with Crippen molar-refractivity contribution in [3.63, 3.8) is 0 Å². The maximum absolute atomic E-state index is 6.62. The van der Waals surface area contributed by atoms with Gasteiger partial charge in [0.05, 0.1) is 22.3 Å². The van der Waals surface area contributed by atoms with Crippen molar-refractivity contribution in [2.45, 2.75) is 130 Å². The number of aryl methyl sites for hydroxylation is 9. The van der Waals surface area contributed by atoms with Crippen LogP contribution in [0.5, 0.6) is 0 Å². The molecular formula is C108H100N4O4+4. The zero-order valence-corrected chi connectivity index (χ0v) is 68.6. The van der Waals surface area contributed by atoms with E-state index in [1.54, 1.807) is 0 Å². The number of fused-ring (bicyclic) bond motifs is 20. The van der Waals surface area contributed by atoms with Crippen LogP contribution in [0.4, 0.5) is 0 Å². The lowest BCUT2D eigenvalue weighted by atomic mass is 9.84. The normalized spacial score (nSPS) is 13.6. The molecule has 572 valence electrons. The van der Waals surface area contributed by atoms with Gasteiger partial charge in [0.25, 0.3) is 0 Å². The molecule has 2 aliphatic rings. The quantitative estimate of drug-likeness (QED) is 0.142. The molecule has 0 aliphatic heterocycles. The van der Waals surface area contributed by atoms with Crippen molar-refractivity contribution in [3.05, 3.63) is 312 Å². The van der Waals surface area contributed by atoms with Crippen molar-refractivity contribution in [1.82, 2.24) is 0 Å². The van der Waals surface area contributed by atoms with Crippen molar-refractivity contribution in [2.75, 3.05) is 0 Å². The number of benzene rings is 12. The Hall–Kier alpha value is -12.5. The number of rotatable bonds is 8. The predicted molar refractivity (Wildman–Crippen MR) is 481 cm³/mol. The Morgan fingerprint density at radius 3 is 0.853 bits per heavy atom. The smallest absolute Gasteiger partial charge is 0.216 e. The first-order valence-corrected chi connectivity index (χ1v) is 42.0. The lowest BCUT2D eigenvalue weighted by Crippen LogP contribution is -2.32. The fourth-order valence-electron chi connectivity index (χ4n) is 19.3. The van der Waals surface area contributed by atoms with E-state index in [0.717, 1.165) is 57.0 Å². The third-order valence-corrected chi connectivity index (χ3v) is 25.6. The largest absolute Gasteiger partial charge is 0.454 e. The second-order valence-electron chi connectivity index (χ2n) is 33.3. The molecule has 22 rings (SSSR count). The van der Waals surface area contributed by atoms with Gasteiger partial charge in [-0.15, -0.1) is 0 Å². The summed E-state index contributed by atoms with van der Waals surface area (Å²) < 4.78 is 35.3. The number of hydrogen-bond donors (Lipinski definition) is 0. The topological polar surface area (TPSA) is 68.1 Å². The Bertz CT molecular complexity index is 7270. The molecule has 0 bridgehead atoms. The Kier molecular flexibility index (Phi) is 19.3. The summed E-state index contributed by atoms with van der Waals surface area (Å²) in [5, 5.41) is 19.0. The average molecular weight is 1520 g/mol. The molecule has 12 aromatic carbocycles. The van der Waals surface area contributed by atoms with Gasteiger partial charge in [-0.3, -0.25) is 0 Å². The SMILES string of the molecule is CCc1ccc(-c2c(C)ccc3c2oc2c4ccccc4ccc32)[n+](C)c1.Cc1ccc2c(oc3c4ccccc4ccc23)c1-c1ccc(C(C)C)c[n+]1C.Cc1ccc2c(oc3c4ccccc4ccc23)c1-c1ccc(C2CCCC2)c[n+]1C.Cc1ccc2c(oc3c4ccccc4ccc23)c1-c1ccc(C2CCCCC2)c[n+]1C. The molecule has 20 aromatic rings. The standard InChI is InChI=1S/C29H28NO.C28H26NO.C26H24NO.C25H22NO/c1-19-12-15-25-24-16-13-21-10-6-7-11-23(21)28(24)31-29(25)27(19)26-17-14-22(18-30(26)2)20-8-4-3-5-9-20;1-18-11-14-24-23-15-12-20-9-5-6-10-22(20)27(23)30-28(24)26(18)25-16-13-21(17-29(25)2)19-7-3-4-8-19;1-16(2)19-11-14-23(27(4)15-19)24-17(3)9-12-22-21-13-10-18-7-5-6-8-20(18)25(21)28-26(22)24;1-4-17-10-14-22(26(3)15-17)23-16(2)9-12-21-20-13-11-18-7-5-6-8-19(18)24(20)27-25(21)23/h6-7,10-18,20H,3-5,8-9H2,1-2H3;5-6,9-17,19H,3-4,7-8H2,1-2H3;5-16H,1-4H3;5-15H,4H2,1-3H3/q4*+1. The van der Waals surface area contributed by atoms with Crippen molar-refractivity contribution in [1.29, 1.82) is 0 Å². The molecule has 116 heavy (non-hydrogen) atoms. The van der Waals surface area contributed by atoms with Gasteiger partial charge in [0.1, 0.15) is 72.9 Å². The van der Waals surface area contributed by atoms with Gasteiger partial charge < -0.3 is 17.7 Å². The van der Waals surface area contributed by atoms with Crippen molar-refractivity contribution in [2.24, 2.45) is 28.2 Å². The number of furan rings is 4. The lowest BCUT2D eigenvalue weighted by molar-refractivity contribution is -0.661. The highest BCUT2D eigenvalue weighted by atomic mass is 16.3. The molecule has 8 heterocycles. The monoisotopic (exact) mass is 1520 g/mol. The first kappa shape index (κ1) is 73.6. The summed E-state index contributed by atoms with van der Waals surface area (Å²) in [4.78, 5) is 0. The van der Waals surface area contributed by atoms with Gasteiger partial charge in [-0.25, -0.2) is 18.3 Å². The molecule has 0 radical (unpaired) electrons. The minimum atomic E-state index is 0.509. The third kappa shape index (κ3) is 13.0. The van der Waals surface area contributed by atoms with Crippen LogP contribution in [0.15, 0.2) is 285 Å². The van der Waals surface area contributed by atoms with Crippen LogP contribution in [-0.4, -0.2) is 0 Å². The van der Waals surface area contributed by atoms with E-state index >= 15 is 0 Å². The maximum atomic E-state index is 6.62. The Morgan fingerprint density at radius 1 is 0.276 bits per heavy atom. The maximum Gasteiger partial charge on any atom is 0.216 e. The van der Waals surface area contributed by atoms with Crippen LogP contribution in [0.2, 0.25) is 0 Å². The summed E-state index contributed by atoms with van der Waals surface area (Å²) >= 11 is 0. The van der Waals surface area contributed by atoms with E-state index in [0.29, 0.717) is 11.8 Å². The molecule has 0 saturated heterocycles. The van der Waals surface area contributed by atoms with Gasteiger partial charge in [0, 0.05) is 111 Å². The molecular weight excluding hydrogens is 1420 g/mol. The number of aromatic nitrogens is 4. The van der Waals surface area contributed by atoms with Gasteiger partial charge in [-0.1, -0.05) is 223 Å². The predicted octanol–water partition coefficient (Wildman–Crippen LogP) is 27.5. The van der Waals surface area contributed by atoms with Crippen LogP contribution in [0.3, 0.4) is 0 Å². The molecule has 0 amide bonds. The highest BCUT2D eigenvalue weighted by molar-refractivity contribution is 6.21. The van der Waals surface area contributed by atoms with E-state index in [1.165, 1.54) is 234 Å². The van der Waals surface area contributed by atoms with Gasteiger partial charge >= 0.3 is 0 Å². The fourth-order valence-corrected chi connectivity index (χ4v) is 19.3. The Labute approximate surface area is 678 Å². The van der Waals surface area contributed by atoms with E-state index in [2.05, 4.69) is 362 Å². The zero-order valence-electron chi connectivity index (χ0n) is 68.6.